The molecule has 1 N–H and O–H groups in total. The number of fused-ring (bicyclic) bond motifs is 1. The van der Waals surface area contributed by atoms with Gasteiger partial charge >= 0.3 is 5.97 Å². The molecule has 3 heterocycles. The molecule has 0 saturated carbocycles. The monoisotopic (exact) mass is 377 g/mol. The van der Waals surface area contributed by atoms with Gasteiger partial charge in [-0.1, -0.05) is 12.1 Å². The number of amides is 1. The Bertz CT molecular complexity index is 1000. The Hall–Kier alpha value is -3.61. The normalized spacial score (nSPS) is 15.4. The molecule has 0 fully saturated rings. The summed E-state index contributed by atoms with van der Waals surface area (Å²) in [6.07, 6.45) is 2.68. The van der Waals surface area contributed by atoms with Crippen molar-refractivity contribution in [1.29, 1.82) is 0 Å². The average molecular weight is 377 g/mol. The highest BCUT2D eigenvalue weighted by Crippen LogP contribution is 2.35. The van der Waals surface area contributed by atoms with Gasteiger partial charge in [-0.25, -0.2) is 4.79 Å². The van der Waals surface area contributed by atoms with Crippen LogP contribution in [0.4, 0.5) is 5.69 Å². The first-order valence-corrected chi connectivity index (χ1v) is 9.00. The van der Waals surface area contributed by atoms with E-state index in [4.69, 9.17) is 9.15 Å². The fourth-order valence-electron chi connectivity index (χ4n) is 3.26. The molecule has 0 bridgehead atoms. The van der Waals surface area contributed by atoms with Crippen LogP contribution >= 0.6 is 0 Å². The number of ether oxygens (including phenoxy) is 1. The molecular weight excluding hydrogens is 358 g/mol. The van der Waals surface area contributed by atoms with Crippen LogP contribution < -0.4 is 5.32 Å². The summed E-state index contributed by atoms with van der Waals surface area (Å²) in [4.78, 5) is 31.3. The lowest BCUT2D eigenvalue weighted by Gasteiger charge is -2.26. The van der Waals surface area contributed by atoms with E-state index in [1.807, 2.05) is 12.1 Å². The Balaban J connectivity index is 1.70. The van der Waals surface area contributed by atoms with E-state index in [1.54, 1.807) is 60.7 Å². The van der Waals surface area contributed by atoms with Crippen LogP contribution in [-0.4, -0.2) is 28.4 Å². The van der Waals surface area contributed by atoms with Gasteiger partial charge in [-0.3, -0.25) is 9.78 Å². The minimum Gasteiger partial charge on any atom is -0.467 e. The van der Waals surface area contributed by atoms with Gasteiger partial charge in [0, 0.05) is 6.20 Å². The highest BCUT2D eigenvalue weighted by Gasteiger charge is 2.38. The van der Waals surface area contributed by atoms with Crippen LogP contribution in [-0.2, 0) is 11.3 Å². The quantitative estimate of drug-likeness (QED) is 0.661. The number of aromatic nitrogens is 1. The van der Waals surface area contributed by atoms with Crippen molar-refractivity contribution in [3.63, 3.8) is 0 Å². The zero-order valence-electron chi connectivity index (χ0n) is 15.3. The topological polar surface area (TPSA) is 84.7 Å². The number of carbonyl (C=O) groups is 2. The largest absolute Gasteiger partial charge is 0.467 e. The van der Waals surface area contributed by atoms with Gasteiger partial charge in [-0.05, 0) is 43.3 Å². The molecule has 1 amide bonds. The molecule has 1 unspecified atom stereocenters. The minimum atomic E-state index is -0.538. The molecule has 1 atom stereocenters. The summed E-state index contributed by atoms with van der Waals surface area (Å²) >= 11 is 0. The summed E-state index contributed by atoms with van der Waals surface area (Å²) in [5.74, 6) is 0.0889. The van der Waals surface area contributed by atoms with E-state index in [-0.39, 0.29) is 19.1 Å². The third-order valence-corrected chi connectivity index (χ3v) is 4.52. The molecule has 4 rings (SSSR count). The van der Waals surface area contributed by atoms with Crippen molar-refractivity contribution in [1.82, 2.24) is 9.88 Å². The Labute approximate surface area is 161 Å². The molecule has 7 heteroatoms. The molecule has 2 aromatic heterocycles. The van der Waals surface area contributed by atoms with E-state index >= 15 is 0 Å². The van der Waals surface area contributed by atoms with Crippen LogP contribution in [0.2, 0.25) is 0 Å². The van der Waals surface area contributed by atoms with Crippen molar-refractivity contribution in [2.75, 3.05) is 11.9 Å². The molecule has 0 radical (unpaired) electrons. The van der Waals surface area contributed by atoms with Crippen LogP contribution in [0, 0.1) is 0 Å². The first-order chi connectivity index (χ1) is 13.7. The van der Waals surface area contributed by atoms with Crippen molar-refractivity contribution >= 4 is 17.6 Å². The second-order valence-corrected chi connectivity index (χ2v) is 6.26. The number of benzene rings is 1. The highest BCUT2D eigenvalue weighted by molar-refractivity contribution is 5.99. The number of carbonyl (C=O) groups excluding carboxylic acids is 2. The molecule has 0 aliphatic carbocycles. The molecule has 0 spiro atoms. The van der Waals surface area contributed by atoms with Gasteiger partial charge in [-0.2, -0.15) is 0 Å². The summed E-state index contributed by atoms with van der Waals surface area (Å²) < 4.78 is 10.6. The van der Waals surface area contributed by atoms with Crippen LogP contribution in [0.3, 0.4) is 0 Å². The summed E-state index contributed by atoms with van der Waals surface area (Å²) in [5, 5.41) is 3.30. The Morgan fingerprint density at radius 3 is 2.86 bits per heavy atom. The lowest BCUT2D eigenvalue weighted by atomic mass is 10.1. The Kier molecular flexibility index (Phi) is 4.80. The predicted octanol–water partition coefficient (Wildman–Crippen LogP) is 3.62. The van der Waals surface area contributed by atoms with Crippen LogP contribution in [0.25, 0.3) is 0 Å². The van der Waals surface area contributed by atoms with Gasteiger partial charge in [0.05, 0.1) is 41.9 Å². The van der Waals surface area contributed by atoms with Crippen molar-refractivity contribution in [2.45, 2.75) is 19.6 Å². The van der Waals surface area contributed by atoms with Gasteiger partial charge in [0.15, 0.2) is 0 Å². The summed E-state index contributed by atoms with van der Waals surface area (Å²) in [7, 11) is 0. The Morgan fingerprint density at radius 2 is 2.07 bits per heavy atom. The molecular formula is C21H19N3O4. The lowest BCUT2D eigenvalue weighted by molar-refractivity contribution is 0.0527. The molecule has 3 aromatic rings. The number of pyridine rings is 1. The average Bonchev–Trinajstić information content (AvgIpc) is 3.32. The number of esters is 1. The molecule has 28 heavy (non-hydrogen) atoms. The highest BCUT2D eigenvalue weighted by atomic mass is 16.5. The van der Waals surface area contributed by atoms with Crippen molar-refractivity contribution in [2.24, 2.45) is 0 Å². The number of hydrogen-bond acceptors (Lipinski definition) is 6. The van der Waals surface area contributed by atoms with Gasteiger partial charge in [0.2, 0.25) is 0 Å². The van der Waals surface area contributed by atoms with E-state index in [0.717, 1.165) is 0 Å². The summed E-state index contributed by atoms with van der Waals surface area (Å²) in [6, 6.07) is 14.1. The second kappa shape index (κ2) is 7.56. The van der Waals surface area contributed by atoms with Gasteiger partial charge in [0.25, 0.3) is 5.91 Å². The van der Waals surface area contributed by atoms with E-state index in [1.165, 1.54) is 0 Å². The smallest absolute Gasteiger partial charge is 0.340 e. The van der Waals surface area contributed by atoms with Gasteiger partial charge < -0.3 is 19.4 Å². The third-order valence-electron chi connectivity index (χ3n) is 4.52. The van der Waals surface area contributed by atoms with Crippen LogP contribution in [0.15, 0.2) is 65.4 Å². The van der Waals surface area contributed by atoms with Gasteiger partial charge in [-0.15, -0.1) is 0 Å². The zero-order chi connectivity index (χ0) is 19.5. The number of rotatable bonds is 6. The standard InChI is InChI=1S/C21H19N3O4/c1-2-27-21(26)15-8-3-4-10-17(15)23-19-18-16(9-5-11-22-18)20(25)24(19)13-14-7-6-12-28-14/h3-12,19,23H,2,13H2,1H3. The molecule has 0 saturated heterocycles. The molecule has 1 aliphatic heterocycles. The zero-order valence-corrected chi connectivity index (χ0v) is 15.3. The van der Waals surface area contributed by atoms with Crippen molar-refractivity contribution in [3.8, 4) is 0 Å². The number of nitrogens with one attached hydrogen (secondary N) is 1. The molecule has 7 nitrogen and oxygen atoms in total. The number of furan rings is 1. The molecule has 1 aromatic carbocycles. The summed E-state index contributed by atoms with van der Waals surface area (Å²) in [6.45, 7) is 2.32. The predicted molar refractivity (Wildman–Crippen MR) is 102 cm³/mol. The van der Waals surface area contributed by atoms with E-state index in [2.05, 4.69) is 10.3 Å². The number of anilines is 1. The third kappa shape index (κ3) is 3.22. The molecule has 1 aliphatic rings. The second-order valence-electron chi connectivity index (χ2n) is 6.26. The van der Waals surface area contributed by atoms with Crippen LogP contribution in [0.1, 0.15) is 45.3 Å². The molecule has 142 valence electrons. The number of nitrogens with zero attached hydrogens (tertiary/aromatic N) is 2. The van der Waals surface area contributed by atoms with E-state index in [0.29, 0.717) is 28.3 Å². The minimum absolute atomic E-state index is 0.148. The van der Waals surface area contributed by atoms with Crippen LogP contribution in [0.5, 0.6) is 0 Å². The summed E-state index contributed by atoms with van der Waals surface area (Å²) in [5.41, 5.74) is 2.11. The van der Waals surface area contributed by atoms with Gasteiger partial charge in [0.1, 0.15) is 11.9 Å². The van der Waals surface area contributed by atoms with E-state index in [9.17, 15) is 9.59 Å². The maximum atomic E-state index is 13.0. The maximum absolute atomic E-state index is 13.0. The first-order valence-electron chi connectivity index (χ1n) is 9.00. The van der Waals surface area contributed by atoms with E-state index < -0.39 is 12.1 Å². The number of para-hydroxylation sites is 1. The lowest BCUT2D eigenvalue weighted by Crippen LogP contribution is -2.32. The fraction of sp³-hybridized carbons (Fsp3) is 0.190. The van der Waals surface area contributed by atoms with Crippen molar-refractivity contribution in [3.05, 3.63) is 83.6 Å². The Morgan fingerprint density at radius 1 is 1.21 bits per heavy atom. The van der Waals surface area contributed by atoms with Crippen molar-refractivity contribution < 1.29 is 18.7 Å². The number of hydrogen-bond donors (Lipinski definition) is 1. The fourth-order valence-corrected chi connectivity index (χ4v) is 3.26. The maximum Gasteiger partial charge on any atom is 0.340 e. The first kappa shape index (κ1) is 17.8. The SMILES string of the molecule is CCOC(=O)c1ccccc1NC1c2ncccc2C(=O)N1Cc1ccco1.